The van der Waals surface area contributed by atoms with E-state index in [4.69, 9.17) is 0 Å². The van der Waals surface area contributed by atoms with Gasteiger partial charge in [-0.25, -0.2) is 4.39 Å². The molecule has 0 fully saturated rings. The molecule has 27 heavy (non-hydrogen) atoms. The van der Waals surface area contributed by atoms with E-state index in [2.05, 4.69) is 15.2 Å². The molecule has 0 spiro atoms. The van der Waals surface area contributed by atoms with Crippen LogP contribution in [0.3, 0.4) is 0 Å². The summed E-state index contributed by atoms with van der Waals surface area (Å²) in [7, 11) is 0. The first-order chi connectivity index (χ1) is 13.3. The van der Waals surface area contributed by atoms with Crippen molar-refractivity contribution < 1.29 is 4.39 Å². The molecule has 0 amide bonds. The molecule has 0 aliphatic heterocycles. The second-order valence-electron chi connectivity index (χ2n) is 6.01. The second-order valence-corrected chi connectivity index (χ2v) is 6.95. The van der Waals surface area contributed by atoms with Crippen LogP contribution in [0.4, 0.5) is 4.39 Å². The van der Waals surface area contributed by atoms with Crippen LogP contribution in [0, 0.1) is 5.82 Å². The Bertz CT molecular complexity index is 1020. The lowest BCUT2D eigenvalue weighted by Gasteiger charge is -2.11. The largest absolute Gasteiger partial charge is 0.297 e. The Balaban J connectivity index is 1.69. The number of nitrogens with zero attached hydrogens (tertiary/aromatic N) is 4. The fourth-order valence-electron chi connectivity index (χ4n) is 2.78. The van der Waals surface area contributed by atoms with Crippen LogP contribution in [0.5, 0.6) is 0 Å². The van der Waals surface area contributed by atoms with Crippen molar-refractivity contribution in [2.45, 2.75) is 17.5 Å². The van der Waals surface area contributed by atoms with E-state index < -0.39 is 0 Å². The summed E-state index contributed by atoms with van der Waals surface area (Å²) < 4.78 is 16.3. The summed E-state index contributed by atoms with van der Waals surface area (Å²) in [5.41, 5.74) is 2.66. The Labute approximate surface area is 161 Å². The summed E-state index contributed by atoms with van der Waals surface area (Å²) in [6, 6.07) is 20.6. The van der Waals surface area contributed by atoms with E-state index in [9.17, 15) is 4.39 Å². The Hall–Kier alpha value is -2.99. The molecule has 0 bridgehead atoms. The number of rotatable bonds is 6. The zero-order chi connectivity index (χ0) is 18.5. The van der Waals surface area contributed by atoms with E-state index in [1.54, 1.807) is 30.1 Å². The molecular formula is C21H17FN4S. The molecule has 4 aromatic rings. The molecule has 6 heteroatoms. The molecule has 4 rings (SSSR count). The maximum Gasteiger partial charge on any atom is 0.192 e. The van der Waals surface area contributed by atoms with Gasteiger partial charge in [0.2, 0.25) is 0 Å². The first-order valence-corrected chi connectivity index (χ1v) is 9.53. The molecule has 0 atom stereocenters. The highest BCUT2D eigenvalue weighted by atomic mass is 32.2. The highest BCUT2D eigenvalue weighted by Crippen LogP contribution is 2.28. The average Bonchev–Trinajstić information content (AvgIpc) is 3.10. The maximum absolute atomic E-state index is 14.4. The Morgan fingerprint density at radius 3 is 2.41 bits per heavy atom. The predicted molar refractivity (Wildman–Crippen MR) is 105 cm³/mol. The lowest BCUT2D eigenvalue weighted by atomic mass is 10.2. The monoisotopic (exact) mass is 376 g/mol. The number of benzene rings is 2. The van der Waals surface area contributed by atoms with Gasteiger partial charge in [-0.15, -0.1) is 10.2 Å². The summed E-state index contributed by atoms with van der Waals surface area (Å²) in [4.78, 5) is 4.15. The minimum atomic E-state index is -0.303. The standard InChI is InChI=1S/C21H17FN4S/c22-19-11-5-4-10-18(19)20-24-25-21(27-15-17-9-6-12-23-13-17)26(20)14-16-7-2-1-3-8-16/h1-13H,14-15H2. The van der Waals surface area contributed by atoms with Gasteiger partial charge in [0.1, 0.15) is 5.82 Å². The van der Waals surface area contributed by atoms with Crippen molar-refractivity contribution in [2.75, 3.05) is 0 Å². The summed E-state index contributed by atoms with van der Waals surface area (Å²) in [5, 5.41) is 9.38. The molecule has 4 nitrogen and oxygen atoms in total. The quantitative estimate of drug-likeness (QED) is 0.453. The fraction of sp³-hybridized carbons (Fsp3) is 0.0952. The number of pyridine rings is 1. The molecule has 0 aliphatic rings. The molecular weight excluding hydrogens is 359 g/mol. The zero-order valence-corrected chi connectivity index (χ0v) is 15.3. The van der Waals surface area contributed by atoms with Crippen LogP contribution in [-0.4, -0.2) is 19.7 Å². The van der Waals surface area contributed by atoms with Gasteiger partial charge in [0.15, 0.2) is 11.0 Å². The van der Waals surface area contributed by atoms with Gasteiger partial charge in [0.05, 0.1) is 12.1 Å². The van der Waals surface area contributed by atoms with Crippen LogP contribution in [0.1, 0.15) is 11.1 Å². The maximum atomic E-state index is 14.4. The normalized spacial score (nSPS) is 10.9. The molecule has 0 radical (unpaired) electrons. The minimum Gasteiger partial charge on any atom is -0.297 e. The Kier molecular flexibility index (Phi) is 5.25. The summed E-state index contributed by atoms with van der Waals surface area (Å²) in [6.07, 6.45) is 3.59. The molecule has 0 N–H and O–H groups in total. The lowest BCUT2D eigenvalue weighted by Crippen LogP contribution is -2.05. The highest BCUT2D eigenvalue weighted by Gasteiger charge is 2.17. The molecule has 0 saturated carbocycles. The second kappa shape index (κ2) is 8.14. The fourth-order valence-corrected chi connectivity index (χ4v) is 3.65. The third-order valence-electron chi connectivity index (χ3n) is 4.11. The average molecular weight is 376 g/mol. The summed E-state index contributed by atoms with van der Waals surface area (Å²) >= 11 is 1.57. The van der Waals surface area contributed by atoms with Crippen LogP contribution in [0.25, 0.3) is 11.4 Å². The number of hydrogen-bond donors (Lipinski definition) is 0. The van der Waals surface area contributed by atoms with Gasteiger partial charge in [0, 0.05) is 18.1 Å². The van der Waals surface area contributed by atoms with Crippen molar-refractivity contribution in [2.24, 2.45) is 0 Å². The van der Waals surface area contributed by atoms with Gasteiger partial charge < -0.3 is 0 Å². The van der Waals surface area contributed by atoms with E-state index in [0.717, 1.165) is 22.0 Å². The number of hydrogen-bond acceptors (Lipinski definition) is 4. The van der Waals surface area contributed by atoms with Crippen molar-refractivity contribution >= 4 is 11.8 Å². The zero-order valence-electron chi connectivity index (χ0n) is 14.5. The van der Waals surface area contributed by atoms with E-state index in [1.165, 1.54) is 6.07 Å². The SMILES string of the molecule is Fc1ccccc1-c1nnc(SCc2cccnc2)n1Cc1ccccc1. The Morgan fingerprint density at radius 2 is 1.63 bits per heavy atom. The number of thioether (sulfide) groups is 1. The molecule has 0 saturated heterocycles. The van der Waals surface area contributed by atoms with E-state index in [-0.39, 0.29) is 5.82 Å². The van der Waals surface area contributed by atoms with Crippen LogP contribution >= 0.6 is 11.8 Å². The minimum absolute atomic E-state index is 0.303. The van der Waals surface area contributed by atoms with Crippen molar-refractivity contribution in [3.05, 3.63) is 96.1 Å². The molecule has 134 valence electrons. The molecule has 2 aromatic heterocycles. The summed E-state index contributed by atoms with van der Waals surface area (Å²) in [5.74, 6) is 0.951. The van der Waals surface area contributed by atoms with Crippen molar-refractivity contribution in [3.8, 4) is 11.4 Å². The smallest absolute Gasteiger partial charge is 0.192 e. The molecule has 2 aromatic carbocycles. The molecule has 0 unspecified atom stereocenters. The van der Waals surface area contributed by atoms with Gasteiger partial charge in [-0.2, -0.15) is 0 Å². The Morgan fingerprint density at radius 1 is 0.852 bits per heavy atom. The number of aromatic nitrogens is 4. The van der Waals surface area contributed by atoms with Gasteiger partial charge >= 0.3 is 0 Å². The third-order valence-corrected chi connectivity index (χ3v) is 5.14. The van der Waals surface area contributed by atoms with E-state index >= 15 is 0 Å². The van der Waals surface area contributed by atoms with Gasteiger partial charge in [-0.3, -0.25) is 9.55 Å². The lowest BCUT2D eigenvalue weighted by molar-refractivity contribution is 0.626. The molecule has 0 aliphatic carbocycles. The van der Waals surface area contributed by atoms with Crippen molar-refractivity contribution in [3.63, 3.8) is 0 Å². The topological polar surface area (TPSA) is 43.6 Å². The van der Waals surface area contributed by atoms with Crippen LogP contribution < -0.4 is 0 Å². The van der Waals surface area contributed by atoms with Gasteiger partial charge in [0.25, 0.3) is 0 Å². The van der Waals surface area contributed by atoms with Gasteiger partial charge in [-0.1, -0.05) is 60.3 Å². The first-order valence-electron chi connectivity index (χ1n) is 8.55. The number of halogens is 1. The van der Waals surface area contributed by atoms with Gasteiger partial charge in [-0.05, 0) is 29.3 Å². The highest BCUT2D eigenvalue weighted by molar-refractivity contribution is 7.98. The van der Waals surface area contributed by atoms with Crippen molar-refractivity contribution in [1.82, 2.24) is 19.7 Å². The van der Waals surface area contributed by atoms with Crippen LogP contribution in [0.15, 0.2) is 84.3 Å². The van der Waals surface area contributed by atoms with Crippen LogP contribution in [0.2, 0.25) is 0 Å². The molecule has 2 heterocycles. The van der Waals surface area contributed by atoms with E-state index in [1.807, 2.05) is 59.3 Å². The first kappa shape index (κ1) is 17.4. The van der Waals surface area contributed by atoms with Crippen LogP contribution in [-0.2, 0) is 12.3 Å². The third kappa shape index (κ3) is 4.06. The summed E-state index contributed by atoms with van der Waals surface area (Å²) in [6.45, 7) is 0.576. The van der Waals surface area contributed by atoms with Crippen molar-refractivity contribution in [1.29, 1.82) is 0 Å². The predicted octanol–water partition coefficient (Wildman–Crippen LogP) is 4.82. The van der Waals surface area contributed by atoms with E-state index in [0.29, 0.717) is 17.9 Å².